The standard InChI is InChI=1S/C25H25N3O2S/c1-19-14-15-20(2)24(16-19)31(29,30)27(3)17-22-18-28(23-12-8-5-9-13-23)26-25(22)21-10-6-4-7-11-21/h4-16,18H,17H2,1-3H3. The number of sulfonamides is 1. The summed E-state index contributed by atoms with van der Waals surface area (Å²) in [5.74, 6) is 0. The minimum atomic E-state index is -3.65. The van der Waals surface area contributed by atoms with Gasteiger partial charge in [-0.1, -0.05) is 60.7 Å². The summed E-state index contributed by atoms with van der Waals surface area (Å²) in [7, 11) is -2.03. The topological polar surface area (TPSA) is 55.2 Å². The molecule has 4 aromatic rings. The first-order valence-corrected chi connectivity index (χ1v) is 11.5. The van der Waals surface area contributed by atoms with Crippen LogP contribution in [-0.2, 0) is 16.6 Å². The number of nitrogens with zero attached hydrogens (tertiary/aromatic N) is 3. The molecule has 0 unspecified atom stereocenters. The monoisotopic (exact) mass is 431 g/mol. The summed E-state index contributed by atoms with van der Waals surface area (Å²) >= 11 is 0. The lowest BCUT2D eigenvalue weighted by Crippen LogP contribution is -2.27. The fraction of sp³-hybridized carbons (Fsp3) is 0.160. The molecule has 1 heterocycles. The third-order valence-corrected chi connectivity index (χ3v) is 7.23. The lowest BCUT2D eigenvalue weighted by molar-refractivity contribution is 0.466. The predicted octanol–water partition coefficient (Wildman–Crippen LogP) is 4.98. The van der Waals surface area contributed by atoms with Crippen LogP contribution in [0.4, 0.5) is 0 Å². The van der Waals surface area contributed by atoms with Crippen molar-refractivity contribution in [2.45, 2.75) is 25.3 Å². The van der Waals surface area contributed by atoms with Crippen LogP contribution < -0.4 is 0 Å². The van der Waals surface area contributed by atoms with Crippen LogP contribution in [0.1, 0.15) is 16.7 Å². The number of aromatic nitrogens is 2. The van der Waals surface area contributed by atoms with Crippen LogP contribution in [0.5, 0.6) is 0 Å². The minimum absolute atomic E-state index is 0.215. The molecule has 0 aliphatic rings. The highest BCUT2D eigenvalue weighted by atomic mass is 32.2. The van der Waals surface area contributed by atoms with Crippen LogP contribution in [0.25, 0.3) is 16.9 Å². The highest BCUT2D eigenvalue weighted by molar-refractivity contribution is 7.89. The maximum absolute atomic E-state index is 13.3. The molecule has 0 spiro atoms. The molecule has 0 N–H and O–H groups in total. The predicted molar refractivity (Wildman–Crippen MR) is 124 cm³/mol. The number of aryl methyl sites for hydroxylation is 2. The van der Waals surface area contributed by atoms with Gasteiger partial charge in [-0.25, -0.2) is 13.1 Å². The molecule has 4 rings (SSSR count). The van der Waals surface area contributed by atoms with Crippen molar-refractivity contribution in [2.24, 2.45) is 0 Å². The van der Waals surface area contributed by atoms with E-state index in [1.54, 1.807) is 17.8 Å². The molecule has 0 aliphatic carbocycles. The van der Waals surface area contributed by atoms with Crippen LogP contribution in [0.3, 0.4) is 0 Å². The number of hydrogen-bond donors (Lipinski definition) is 0. The molecular weight excluding hydrogens is 406 g/mol. The third-order valence-electron chi connectivity index (χ3n) is 5.28. The van der Waals surface area contributed by atoms with E-state index in [1.807, 2.05) is 92.8 Å². The Balaban J connectivity index is 1.75. The van der Waals surface area contributed by atoms with Crippen LogP contribution in [-0.4, -0.2) is 29.6 Å². The van der Waals surface area contributed by atoms with Gasteiger partial charge in [0.25, 0.3) is 0 Å². The van der Waals surface area contributed by atoms with Crippen molar-refractivity contribution in [1.82, 2.24) is 14.1 Å². The van der Waals surface area contributed by atoms with Gasteiger partial charge in [0.2, 0.25) is 10.0 Å². The Kier molecular flexibility index (Phi) is 5.76. The SMILES string of the molecule is Cc1ccc(C)c(S(=O)(=O)N(C)Cc2cn(-c3ccccc3)nc2-c2ccccc2)c1. The summed E-state index contributed by atoms with van der Waals surface area (Å²) in [6.45, 7) is 3.94. The van der Waals surface area contributed by atoms with Crippen molar-refractivity contribution in [3.63, 3.8) is 0 Å². The van der Waals surface area contributed by atoms with Crippen LogP contribution >= 0.6 is 0 Å². The van der Waals surface area contributed by atoms with Gasteiger partial charge in [-0.3, -0.25) is 0 Å². The van der Waals surface area contributed by atoms with Gasteiger partial charge in [-0.05, 0) is 43.2 Å². The van der Waals surface area contributed by atoms with Crippen molar-refractivity contribution in [3.8, 4) is 16.9 Å². The fourth-order valence-electron chi connectivity index (χ4n) is 3.56. The number of para-hydroxylation sites is 1. The fourth-order valence-corrected chi connectivity index (χ4v) is 5.01. The Labute approximate surface area is 183 Å². The molecule has 31 heavy (non-hydrogen) atoms. The van der Waals surface area contributed by atoms with Crippen LogP contribution in [0, 0.1) is 13.8 Å². The third kappa shape index (κ3) is 4.31. The molecule has 0 atom stereocenters. The highest BCUT2D eigenvalue weighted by Crippen LogP contribution is 2.27. The molecule has 6 heteroatoms. The molecule has 1 aromatic heterocycles. The second-order valence-electron chi connectivity index (χ2n) is 7.68. The zero-order valence-corrected chi connectivity index (χ0v) is 18.7. The maximum Gasteiger partial charge on any atom is 0.243 e. The van der Waals surface area contributed by atoms with Gasteiger partial charge in [-0.15, -0.1) is 0 Å². The molecule has 0 radical (unpaired) electrons. The Bertz CT molecular complexity index is 1300. The highest BCUT2D eigenvalue weighted by Gasteiger charge is 2.25. The van der Waals surface area contributed by atoms with Gasteiger partial charge in [0.1, 0.15) is 0 Å². The van der Waals surface area contributed by atoms with E-state index >= 15 is 0 Å². The first kappa shape index (κ1) is 21.0. The normalized spacial score (nSPS) is 11.7. The van der Waals surface area contributed by atoms with Crippen LogP contribution in [0.2, 0.25) is 0 Å². The number of rotatable bonds is 6. The van der Waals surface area contributed by atoms with Crippen molar-refractivity contribution < 1.29 is 8.42 Å². The van der Waals surface area contributed by atoms with E-state index in [0.717, 1.165) is 33.6 Å². The lowest BCUT2D eigenvalue weighted by atomic mass is 10.1. The average molecular weight is 432 g/mol. The second-order valence-corrected chi connectivity index (χ2v) is 9.69. The number of benzene rings is 3. The van der Waals surface area contributed by atoms with E-state index < -0.39 is 10.0 Å². The molecule has 0 amide bonds. The van der Waals surface area contributed by atoms with E-state index in [2.05, 4.69) is 0 Å². The lowest BCUT2D eigenvalue weighted by Gasteiger charge is -2.19. The summed E-state index contributed by atoms with van der Waals surface area (Å²) in [4.78, 5) is 0.340. The molecule has 0 saturated heterocycles. The van der Waals surface area contributed by atoms with Crippen molar-refractivity contribution in [3.05, 3.63) is 102 Å². The van der Waals surface area contributed by atoms with Crippen molar-refractivity contribution in [2.75, 3.05) is 7.05 Å². The van der Waals surface area contributed by atoms with Crippen molar-refractivity contribution in [1.29, 1.82) is 0 Å². The van der Waals surface area contributed by atoms with E-state index in [-0.39, 0.29) is 6.54 Å². The van der Waals surface area contributed by atoms with E-state index in [0.29, 0.717) is 4.90 Å². The molecule has 3 aromatic carbocycles. The van der Waals surface area contributed by atoms with Gasteiger partial charge in [0.05, 0.1) is 16.3 Å². The molecule has 0 fully saturated rings. The summed E-state index contributed by atoms with van der Waals surface area (Å²) < 4.78 is 29.9. The zero-order valence-electron chi connectivity index (χ0n) is 17.9. The summed E-state index contributed by atoms with van der Waals surface area (Å²) in [6.07, 6.45) is 1.91. The Morgan fingerprint density at radius 3 is 2.23 bits per heavy atom. The van der Waals surface area contributed by atoms with Gasteiger partial charge >= 0.3 is 0 Å². The van der Waals surface area contributed by atoms with E-state index in [4.69, 9.17) is 5.10 Å². The zero-order chi connectivity index (χ0) is 22.0. The van der Waals surface area contributed by atoms with Gasteiger partial charge in [-0.2, -0.15) is 9.40 Å². The smallest absolute Gasteiger partial charge is 0.240 e. The van der Waals surface area contributed by atoms with E-state index in [9.17, 15) is 8.42 Å². The summed E-state index contributed by atoms with van der Waals surface area (Å²) in [5, 5.41) is 4.79. The summed E-state index contributed by atoms with van der Waals surface area (Å²) in [5.41, 5.74) is 5.13. The van der Waals surface area contributed by atoms with E-state index in [1.165, 1.54) is 4.31 Å². The van der Waals surface area contributed by atoms with Crippen LogP contribution in [0.15, 0.2) is 90.0 Å². The summed E-state index contributed by atoms with van der Waals surface area (Å²) in [6, 6.07) is 25.1. The maximum atomic E-state index is 13.3. The first-order valence-electron chi connectivity index (χ1n) is 10.1. The second kappa shape index (κ2) is 8.49. The molecule has 5 nitrogen and oxygen atoms in total. The number of hydrogen-bond acceptors (Lipinski definition) is 3. The van der Waals surface area contributed by atoms with Gasteiger partial charge in [0, 0.05) is 30.9 Å². The molecule has 0 saturated carbocycles. The largest absolute Gasteiger partial charge is 0.243 e. The minimum Gasteiger partial charge on any atom is -0.240 e. The average Bonchev–Trinajstić information content (AvgIpc) is 3.20. The molecule has 158 valence electrons. The quantitative estimate of drug-likeness (QED) is 0.433. The Hall–Kier alpha value is -3.22. The molecular formula is C25H25N3O2S. The molecule has 0 bridgehead atoms. The first-order chi connectivity index (χ1) is 14.9. The van der Waals surface area contributed by atoms with Gasteiger partial charge < -0.3 is 0 Å². The van der Waals surface area contributed by atoms with Gasteiger partial charge in [0.15, 0.2) is 0 Å². The Morgan fingerprint density at radius 1 is 0.903 bits per heavy atom. The Morgan fingerprint density at radius 2 is 1.55 bits per heavy atom. The molecule has 0 aliphatic heterocycles. The van der Waals surface area contributed by atoms with Crippen molar-refractivity contribution >= 4 is 10.0 Å².